The normalized spacial score (nSPS) is 10.2. The standard InChI is InChI=1S/C12H11ClN4O3/c13-9-1-3-10(4-2-9)17(8-12(19)20)11(18)7-16-6-5-14-15-16/h1-6H,7-8H2,(H,19,20). The molecular formula is C12H11ClN4O3. The van der Waals surface area contributed by atoms with Crippen molar-refractivity contribution < 1.29 is 14.7 Å². The molecule has 8 heteroatoms. The molecule has 1 amide bonds. The number of carboxylic acids is 1. The fraction of sp³-hybridized carbons (Fsp3) is 0.167. The third-order valence-electron chi connectivity index (χ3n) is 2.50. The largest absolute Gasteiger partial charge is 0.480 e. The Bertz CT molecular complexity index is 598. The SMILES string of the molecule is O=C(O)CN(C(=O)Cn1ccnn1)c1ccc(Cl)cc1. The number of anilines is 1. The monoisotopic (exact) mass is 294 g/mol. The summed E-state index contributed by atoms with van der Waals surface area (Å²) in [7, 11) is 0. The van der Waals surface area contributed by atoms with E-state index in [0.717, 1.165) is 4.90 Å². The van der Waals surface area contributed by atoms with Crippen LogP contribution in [-0.4, -0.2) is 38.5 Å². The summed E-state index contributed by atoms with van der Waals surface area (Å²) < 4.78 is 1.33. The third kappa shape index (κ3) is 3.55. The molecule has 2 aromatic rings. The number of aromatic nitrogens is 3. The topological polar surface area (TPSA) is 88.3 Å². The Labute approximate surface area is 119 Å². The highest BCUT2D eigenvalue weighted by molar-refractivity contribution is 6.30. The fourth-order valence-electron chi connectivity index (χ4n) is 1.62. The first kappa shape index (κ1) is 14.0. The number of hydrogen-bond acceptors (Lipinski definition) is 4. The summed E-state index contributed by atoms with van der Waals surface area (Å²) in [5.41, 5.74) is 0.460. The first-order chi connectivity index (χ1) is 9.56. The summed E-state index contributed by atoms with van der Waals surface area (Å²) in [6, 6.07) is 6.36. The number of amides is 1. The van der Waals surface area contributed by atoms with Crippen LogP contribution in [0.1, 0.15) is 0 Å². The highest BCUT2D eigenvalue weighted by Gasteiger charge is 2.19. The van der Waals surface area contributed by atoms with E-state index in [9.17, 15) is 9.59 Å². The first-order valence-corrected chi connectivity index (χ1v) is 6.06. The summed E-state index contributed by atoms with van der Waals surface area (Å²) in [5.74, 6) is -1.51. The van der Waals surface area contributed by atoms with Gasteiger partial charge >= 0.3 is 5.97 Å². The van der Waals surface area contributed by atoms with Gasteiger partial charge in [0, 0.05) is 16.9 Å². The van der Waals surface area contributed by atoms with Crippen LogP contribution in [0.25, 0.3) is 0 Å². The number of carboxylic acid groups (broad SMARTS) is 1. The second kappa shape index (κ2) is 6.16. The molecule has 0 spiro atoms. The van der Waals surface area contributed by atoms with Crippen molar-refractivity contribution in [2.75, 3.05) is 11.4 Å². The van der Waals surface area contributed by atoms with Gasteiger partial charge in [0.05, 0.1) is 6.20 Å². The number of carbonyl (C=O) groups is 2. The molecule has 0 fully saturated rings. The van der Waals surface area contributed by atoms with Gasteiger partial charge in [0.2, 0.25) is 5.91 Å². The molecule has 0 saturated carbocycles. The molecule has 2 rings (SSSR count). The number of hydrogen-bond donors (Lipinski definition) is 1. The maximum Gasteiger partial charge on any atom is 0.323 e. The molecule has 0 radical (unpaired) electrons. The van der Waals surface area contributed by atoms with Crippen molar-refractivity contribution in [3.8, 4) is 0 Å². The zero-order valence-electron chi connectivity index (χ0n) is 10.3. The number of carbonyl (C=O) groups excluding carboxylic acids is 1. The van der Waals surface area contributed by atoms with E-state index in [0.29, 0.717) is 10.7 Å². The maximum absolute atomic E-state index is 12.2. The van der Waals surface area contributed by atoms with Crippen molar-refractivity contribution in [3.63, 3.8) is 0 Å². The second-order valence-corrected chi connectivity index (χ2v) is 4.39. The van der Waals surface area contributed by atoms with Crippen molar-refractivity contribution in [2.24, 2.45) is 0 Å². The van der Waals surface area contributed by atoms with Crippen LogP contribution in [0.5, 0.6) is 0 Å². The second-order valence-electron chi connectivity index (χ2n) is 3.95. The Balaban J connectivity index is 2.20. The Morgan fingerprint density at radius 1 is 1.30 bits per heavy atom. The van der Waals surface area contributed by atoms with E-state index in [1.165, 1.54) is 17.1 Å². The molecule has 1 aromatic carbocycles. The average molecular weight is 295 g/mol. The maximum atomic E-state index is 12.2. The molecule has 0 aliphatic carbocycles. The van der Waals surface area contributed by atoms with Crippen LogP contribution in [0.2, 0.25) is 5.02 Å². The van der Waals surface area contributed by atoms with E-state index in [-0.39, 0.29) is 6.54 Å². The van der Waals surface area contributed by atoms with Crippen LogP contribution in [0.4, 0.5) is 5.69 Å². The molecule has 1 N–H and O–H groups in total. The third-order valence-corrected chi connectivity index (χ3v) is 2.75. The number of benzene rings is 1. The number of aliphatic carboxylic acids is 1. The number of halogens is 1. The average Bonchev–Trinajstić information content (AvgIpc) is 2.89. The van der Waals surface area contributed by atoms with Gasteiger partial charge in [-0.1, -0.05) is 16.8 Å². The summed E-state index contributed by atoms with van der Waals surface area (Å²) in [4.78, 5) is 24.2. The van der Waals surface area contributed by atoms with Gasteiger partial charge in [-0.05, 0) is 24.3 Å². The minimum Gasteiger partial charge on any atom is -0.480 e. The zero-order valence-corrected chi connectivity index (χ0v) is 11.1. The van der Waals surface area contributed by atoms with E-state index < -0.39 is 18.4 Å². The summed E-state index contributed by atoms with van der Waals surface area (Å²) in [6.07, 6.45) is 2.97. The van der Waals surface area contributed by atoms with Crippen LogP contribution in [0.3, 0.4) is 0 Å². The summed E-state index contributed by atoms with van der Waals surface area (Å²) in [6.45, 7) is -0.523. The van der Waals surface area contributed by atoms with Gasteiger partial charge in [0.25, 0.3) is 0 Å². The molecule has 1 aromatic heterocycles. The van der Waals surface area contributed by atoms with Crippen LogP contribution in [0, 0.1) is 0 Å². The van der Waals surface area contributed by atoms with Crippen molar-refractivity contribution in [1.29, 1.82) is 0 Å². The van der Waals surface area contributed by atoms with Gasteiger partial charge in [-0.15, -0.1) is 5.10 Å². The van der Waals surface area contributed by atoms with E-state index in [2.05, 4.69) is 10.3 Å². The first-order valence-electron chi connectivity index (χ1n) is 5.68. The lowest BCUT2D eigenvalue weighted by molar-refractivity contribution is -0.136. The van der Waals surface area contributed by atoms with Gasteiger partial charge in [-0.2, -0.15) is 0 Å². The molecule has 0 aliphatic heterocycles. The van der Waals surface area contributed by atoms with Crippen molar-refractivity contribution >= 4 is 29.2 Å². The summed E-state index contributed by atoms with van der Waals surface area (Å²) >= 11 is 5.77. The van der Waals surface area contributed by atoms with Crippen LogP contribution in [-0.2, 0) is 16.1 Å². The van der Waals surface area contributed by atoms with E-state index in [4.69, 9.17) is 16.7 Å². The highest BCUT2D eigenvalue weighted by atomic mass is 35.5. The minimum absolute atomic E-state index is 0.0874. The van der Waals surface area contributed by atoms with E-state index >= 15 is 0 Å². The zero-order chi connectivity index (χ0) is 14.5. The molecule has 7 nitrogen and oxygen atoms in total. The van der Waals surface area contributed by atoms with Gasteiger partial charge < -0.3 is 5.11 Å². The predicted octanol–water partition coefficient (Wildman–Crippen LogP) is 1.05. The van der Waals surface area contributed by atoms with Crippen molar-refractivity contribution in [3.05, 3.63) is 41.7 Å². The molecule has 0 saturated heterocycles. The predicted molar refractivity (Wildman–Crippen MR) is 71.5 cm³/mol. The molecule has 20 heavy (non-hydrogen) atoms. The number of rotatable bonds is 5. The quantitative estimate of drug-likeness (QED) is 0.890. The van der Waals surface area contributed by atoms with E-state index in [1.807, 2.05) is 0 Å². The Morgan fingerprint density at radius 2 is 2.00 bits per heavy atom. The van der Waals surface area contributed by atoms with Crippen LogP contribution >= 0.6 is 11.6 Å². The van der Waals surface area contributed by atoms with Crippen LogP contribution < -0.4 is 4.90 Å². The smallest absolute Gasteiger partial charge is 0.323 e. The van der Waals surface area contributed by atoms with Gasteiger partial charge in [-0.3, -0.25) is 14.5 Å². The van der Waals surface area contributed by atoms with Gasteiger partial charge in [0.15, 0.2) is 0 Å². The molecule has 1 heterocycles. The molecular weight excluding hydrogens is 284 g/mol. The van der Waals surface area contributed by atoms with Gasteiger partial charge in [0.1, 0.15) is 13.1 Å². The van der Waals surface area contributed by atoms with E-state index in [1.54, 1.807) is 24.3 Å². The molecule has 0 unspecified atom stereocenters. The lowest BCUT2D eigenvalue weighted by atomic mass is 10.2. The molecule has 0 atom stereocenters. The minimum atomic E-state index is -1.10. The fourth-order valence-corrected chi connectivity index (χ4v) is 1.75. The molecule has 0 aliphatic rings. The van der Waals surface area contributed by atoms with Crippen molar-refractivity contribution in [1.82, 2.24) is 15.0 Å². The molecule has 0 bridgehead atoms. The van der Waals surface area contributed by atoms with Crippen molar-refractivity contribution in [2.45, 2.75) is 6.54 Å². The highest BCUT2D eigenvalue weighted by Crippen LogP contribution is 2.18. The van der Waals surface area contributed by atoms with Crippen LogP contribution in [0.15, 0.2) is 36.7 Å². The Hall–Kier alpha value is -2.41. The lowest BCUT2D eigenvalue weighted by Crippen LogP contribution is -2.38. The number of nitrogens with zero attached hydrogens (tertiary/aromatic N) is 4. The molecule has 104 valence electrons. The van der Waals surface area contributed by atoms with Gasteiger partial charge in [-0.25, -0.2) is 4.68 Å². The Kier molecular flexibility index (Phi) is 4.31. The Morgan fingerprint density at radius 3 is 2.55 bits per heavy atom. The summed E-state index contributed by atoms with van der Waals surface area (Å²) in [5, 5.41) is 16.7. The lowest BCUT2D eigenvalue weighted by Gasteiger charge is -2.20.